The van der Waals surface area contributed by atoms with Gasteiger partial charge in [0.2, 0.25) is 0 Å². The van der Waals surface area contributed by atoms with Gasteiger partial charge in [0.1, 0.15) is 5.75 Å². The summed E-state index contributed by atoms with van der Waals surface area (Å²) in [7, 11) is 2.08. The van der Waals surface area contributed by atoms with E-state index in [4.69, 9.17) is 4.74 Å². The van der Waals surface area contributed by atoms with E-state index in [0.29, 0.717) is 30.2 Å². The van der Waals surface area contributed by atoms with Gasteiger partial charge in [-0.2, -0.15) is 13.2 Å². The number of ether oxygens (including phenoxy) is 1. The fourth-order valence-corrected chi connectivity index (χ4v) is 4.19. The molecule has 1 aromatic heterocycles. The van der Waals surface area contributed by atoms with Gasteiger partial charge in [0.25, 0.3) is 0 Å². The van der Waals surface area contributed by atoms with Crippen molar-refractivity contribution in [2.45, 2.75) is 31.7 Å². The lowest BCUT2D eigenvalue weighted by Crippen LogP contribution is -2.59. The number of nitrogens with zero attached hydrogens (tertiary/aromatic N) is 4. The molecule has 3 heterocycles. The number of likely N-dealkylation sites (N-methyl/N-ethyl adjacent to an activating group) is 1. The minimum absolute atomic E-state index is 0.155. The summed E-state index contributed by atoms with van der Waals surface area (Å²) in [6.45, 7) is 4.70. The average molecular weight is 408 g/mol. The summed E-state index contributed by atoms with van der Waals surface area (Å²) in [5.41, 5.74) is -0.00123. The van der Waals surface area contributed by atoms with Gasteiger partial charge in [0, 0.05) is 25.2 Å². The van der Waals surface area contributed by atoms with Crippen LogP contribution in [0.5, 0.6) is 5.75 Å². The van der Waals surface area contributed by atoms with Crippen molar-refractivity contribution in [3.63, 3.8) is 0 Å². The van der Waals surface area contributed by atoms with Crippen LogP contribution in [-0.2, 0) is 10.9 Å². The standard InChI is InChI=1S/C20H23F3N4O2/c1-12-9-13(20(21,22)23)10-16(28)19(12)14-3-4-18(25-24-14)27-7-8-29-17-5-6-26(2)11-15(17)27/h3-4,9-10,15,17,28H,5-8,11H2,1-2H3/t15-,17-/m0/s1. The van der Waals surface area contributed by atoms with Crippen molar-refractivity contribution in [3.8, 4) is 17.0 Å². The number of fused-ring (bicyclic) bond motifs is 1. The normalized spacial score (nSPS) is 23.1. The first-order valence-electron chi connectivity index (χ1n) is 9.56. The molecule has 29 heavy (non-hydrogen) atoms. The number of phenols is 1. The number of aromatic nitrogens is 2. The van der Waals surface area contributed by atoms with Gasteiger partial charge in [-0.15, -0.1) is 10.2 Å². The number of anilines is 1. The molecule has 1 N–H and O–H groups in total. The number of likely N-dealkylation sites (tertiary alicyclic amines) is 1. The van der Waals surface area contributed by atoms with Gasteiger partial charge in [-0.05, 0) is 50.2 Å². The third-order valence-corrected chi connectivity index (χ3v) is 5.63. The molecular weight excluding hydrogens is 385 g/mol. The highest BCUT2D eigenvalue weighted by molar-refractivity contribution is 5.71. The van der Waals surface area contributed by atoms with E-state index < -0.39 is 17.5 Å². The van der Waals surface area contributed by atoms with Gasteiger partial charge < -0.3 is 19.6 Å². The highest BCUT2D eigenvalue weighted by atomic mass is 19.4. The Hall–Kier alpha value is -2.39. The second-order valence-corrected chi connectivity index (χ2v) is 7.68. The van der Waals surface area contributed by atoms with Crippen LogP contribution in [0.25, 0.3) is 11.3 Å². The number of halogens is 3. The van der Waals surface area contributed by atoms with Crippen LogP contribution in [0.15, 0.2) is 24.3 Å². The van der Waals surface area contributed by atoms with Crippen LogP contribution in [0, 0.1) is 6.92 Å². The monoisotopic (exact) mass is 408 g/mol. The molecule has 2 fully saturated rings. The first-order valence-corrected chi connectivity index (χ1v) is 9.56. The van der Waals surface area contributed by atoms with Crippen LogP contribution in [0.4, 0.5) is 19.0 Å². The molecule has 1 aromatic carbocycles. The zero-order valence-corrected chi connectivity index (χ0v) is 16.3. The zero-order valence-electron chi connectivity index (χ0n) is 16.3. The van der Waals surface area contributed by atoms with Crippen LogP contribution in [0.3, 0.4) is 0 Å². The van der Waals surface area contributed by atoms with Crippen LogP contribution >= 0.6 is 0 Å². The molecule has 0 aliphatic carbocycles. The molecule has 0 spiro atoms. The van der Waals surface area contributed by atoms with E-state index in [1.54, 1.807) is 12.1 Å². The Balaban J connectivity index is 1.61. The second kappa shape index (κ2) is 7.46. The highest BCUT2D eigenvalue weighted by Crippen LogP contribution is 2.38. The smallest absolute Gasteiger partial charge is 0.416 e. The van der Waals surface area contributed by atoms with Crippen LogP contribution in [-0.4, -0.2) is 65.6 Å². The summed E-state index contributed by atoms with van der Waals surface area (Å²) in [6, 6.07) is 5.41. The Bertz CT molecular complexity index is 865. The van der Waals surface area contributed by atoms with Gasteiger partial charge >= 0.3 is 6.18 Å². The summed E-state index contributed by atoms with van der Waals surface area (Å²) >= 11 is 0. The van der Waals surface area contributed by atoms with E-state index in [2.05, 4.69) is 27.0 Å². The summed E-state index contributed by atoms with van der Waals surface area (Å²) in [6.07, 6.45) is -3.40. The van der Waals surface area contributed by atoms with Gasteiger partial charge in [-0.3, -0.25) is 0 Å². The molecule has 2 atom stereocenters. The van der Waals surface area contributed by atoms with E-state index in [1.165, 1.54) is 6.92 Å². The number of hydrogen-bond donors (Lipinski definition) is 1. The van der Waals surface area contributed by atoms with Crippen molar-refractivity contribution in [1.29, 1.82) is 0 Å². The molecular formula is C20H23F3N4O2. The topological polar surface area (TPSA) is 61.7 Å². The fourth-order valence-electron chi connectivity index (χ4n) is 4.19. The molecule has 6 nitrogen and oxygen atoms in total. The molecule has 156 valence electrons. The van der Waals surface area contributed by atoms with Crippen molar-refractivity contribution in [2.24, 2.45) is 0 Å². The SMILES string of the molecule is Cc1cc(C(F)(F)F)cc(O)c1-c1ccc(N2CCO[C@H]3CCN(C)C[C@@H]32)nn1. The molecule has 0 bridgehead atoms. The minimum atomic E-state index is -4.52. The number of phenolic OH excluding ortho intramolecular Hbond substituents is 1. The van der Waals surface area contributed by atoms with E-state index in [0.717, 1.165) is 31.6 Å². The highest BCUT2D eigenvalue weighted by Gasteiger charge is 2.37. The van der Waals surface area contributed by atoms with Crippen LogP contribution < -0.4 is 4.90 Å². The predicted molar refractivity (Wildman–Crippen MR) is 102 cm³/mol. The lowest BCUT2D eigenvalue weighted by atomic mass is 9.99. The molecule has 2 saturated heterocycles. The summed E-state index contributed by atoms with van der Waals surface area (Å²) in [5, 5.41) is 18.7. The molecule has 0 saturated carbocycles. The zero-order chi connectivity index (χ0) is 20.8. The van der Waals surface area contributed by atoms with Crippen molar-refractivity contribution >= 4 is 5.82 Å². The molecule has 0 unspecified atom stereocenters. The first kappa shape index (κ1) is 19.9. The Morgan fingerprint density at radius 3 is 2.62 bits per heavy atom. The third kappa shape index (κ3) is 3.89. The second-order valence-electron chi connectivity index (χ2n) is 7.68. The van der Waals surface area contributed by atoms with Gasteiger partial charge in [-0.25, -0.2) is 0 Å². The van der Waals surface area contributed by atoms with E-state index in [-0.39, 0.29) is 17.7 Å². The van der Waals surface area contributed by atoms with Gasteiger partial charge in [0.15, 0.2) is 5.82 Å². The number of morpholine rings is 1. The Kier molecular flexibility index (Phi) is 5.12. The third-order valence-electron chi connectivity index (χ3n) is 5.63. The number of aromatic hydroxyl groups is 1. The van der Waals surface area contributed by atoms with Gasteiger partial charge in [-0.1, -0.05) is 0 Å². The van der Waals surface area contributed by atoms with E-state index in [9.17, 15) is 18.3 Å². The number of alkyl halides is 3. The lowest BCUT2D eigenvalue weighted by molar-refractivity contribution is -0.137. The Morgan fingerprint density at radius 2 is 1.97 bits per heavy atom. The van der Waals surface area contributed by atoms with Crippen molar-refractivity contribution in [2.75, 3.05) is 38.2 Å². The maximum absolute atomic E-state index is 12.9. The average Bonchev–Trinajstić information content (AvgIpc) is 2.67. The molecule has 4 rings (SSSR count). The fraction of sp³-hybridized carbons (Fsp3) is 0.500. The van der Waals surface area contributed by atoms with Crippen LogP contribution in [0.1, 0.15) is 17.5 Å². The minimum Gasteiger partial charge on any atom is -0.507 e. The molecule has 2 aromatic rings. The maximum atomic E-state index is 12.9. The quantitative estimate of drug-likeness (QED) is 0.824. The summed E-state index contributed by atoms with van der Waals surface area (Å²) < 4.78 is 44.7. The molecule has 2 aliphatic rings. The number of benzene rings is 1. The number of hydrogen-bond acceptors (Lipinski definition) is 6. The van der Waals surface area contributed by atoms with E-state index in [1.807, 2.05) is 0 Å². The van der Waals surface area contributed by atoms with Crippen molar-refractivity contribution in [1.82, 2.24) is 15.1 Å². The van der Waals surface area contributed by atoms with Gasteiger partial charge in [0.05, 0.1) is 30.0 Å². The summed E-state index contributed by atoms with van der Waals surface area (Å²) in [5.74, 6) is 0.242. The number of piperidine rings is 1. The van der Waals surface area contributed by atoms with E-state index >= 15 is 0 Å². The maximum Gasteiger partial charge on any atom is 0.416 e. The molecule has 0 radical (unpaired) electrons. The lowest BCUT2D eigenvalue weighted by Gasteiger charge is -2.46. The molecule has 0 amide bonds. The molecule has 2 aliphatic heterocycles. The van der Waals surface area contributed by atoms with Crippen LogP contribution in [0.2, 0.25) is 0 Å². The Labute approximate surface area is 166 Å². The Morgan fingerprint density at radius 1 is 1.17 bits per heavy atom. The molecule has 9 heteroatoms. The first-order chi connectivity index (χ1) is 13.7. The largest absolute Gasteiger partial charge is 0.507 e. The predicted octanol–water partition coefficient (Wildman–Crippen LogP) is 3.09. The number of aryl methyl sites for hydroxylation is 1. The summed E-state index contributed by atoms with van der Waals surface area (Å²) in [4.78, 5) is 4.44. The number of rotatable bonds is 2. The van der Waals surface area contributed by atoms with Crippen molar-refractivity contribution < 1.29 is 23.0 Å². The van der Waals surface area contributed by atoms with Crippen molar-refractivity contribution in [3.05, 3.63) is 35.4 Å².